The Morgan fingerprint density at radius 3 is 1.53 bits per heavy atom. The van der Waals surface area contributed by atoms with E-state index in [1.54, 1.807) is 12.4 Å². The fraction of sp³-hybridized carbons (Fsp3) is 0.786. The molecule has 0 saturated heterocycles. The highest BCUT2D eigenvalue weighted by atomic mass is 14.6. The zero-order valence-corrected chi connectivity index (χ0v) is 11.6. The van der Waals surface area contributed by atoms with Crippen molar-refractivity contribution in [2.75, 3.05) is 0 Å². The van der Waals surface area contributed by atoms with E-state index in [1.807, 2.05) is 19.9 Å². The van der Waals surface area contributed by atoms with E-state index in [0.29, 0.717) is 0 Å². The van der Waals surface area contributed by atoms with Gasteiger partial charge >= 0.3 is 0 Å². The molecule has 0 aromatic carbocycles. The van der Waals surface area contributed by atoms with Crippen molar-refractivity contribution in [3.8, 4) is 0 Å². The van der Waals surface area contributed by atoms with E-state index in [9.17, 15) is 0 Å². The second kappa shape index (κ2) is 11.5. The molecule has 0 aliphatic rings. The quantitative estimate of drug-likeness (QED) is 0.584. The van der Waals surface area contributed by atoms with Gasteiger partial charge < -0.3 is 0 Å². The van der Waals surface area contributed by atoms with Gasteiger partial charge in [-0.3, -0.25) is 4.99 Å². The van der Waals surface area contributed by atoms with Crippen LogP contribution in [0.15, 0.2) is 17.3 Å². The number of aliphatic imine (C=N–C) groups is 1. The van der Waals surface area contributed by atoms with Crippen LogP contribution in [0.4, 0.5) is 0 Å². The number of hydrogen-bond acceptors (Lipinski definition) is 1. The van der Waals surface area contributed by atoms with Gasteiger partial charge in [-0.05, 0) is 31.6 Å². The molecule has 90 valence electrons. The van der Waals surface area contributed by atoms with Gasteiger partial charge in [0, 0.05) is 12.4 Å². The fourth-order valence-electron chi connectivity index (χ4n) is 1.88. The summed E-state index contributed by atoms with van der Waals surface area (Å²) >= 11 is 0. The summed E-state index contributed by atoms with van der Waals surface area (Å²) in [6, 6.07) is 0. The number of hydrogen-bond donors (Lipinski definition) is 0. The minimum absolute atomic E-state index is 0.856. The SMILES string of the molecule is CC=N/C=C\C.CCC(C(C)C)C(C)C. The maximum Gasteiger partial charge on any atom is 0.0221 e. The Labute approximate surface area is 96.7 Å². The van der Waals surface area contributed by atoms with Gasteiger partial charge in [0.05, 0.1) is 0 Å². The topological polar surface area (TPSA) is 12.4 Å². The van der Waals surface area contributed by atoms with Crippen LogP contribution in [0.1, 0.15) is 54.9 Å². The van der Waals surface area contributed by atoms with Crippen LogP contribution in [0.25, 0.3) is 0 Å². The standard InChI is InChI=1S/C9H20.C5H9N/c1-6-9(7(2)3)8(4)5;1-3-5-6-4-2/h7-9H,6H2,1-5H3;3-5H,1-2H3/b;5-3-,6-4?. The predicted molar refractivity (Wildman–Crippen MR) is 72.4 cm³/mol. The molecule has 0 heterocycles. The molecular weight excluding hydrogens is 182 g/mol. The van der Waals surface area contributed by atoms with Crippen LogP contribution >= 0.6 is 0 Å². The first-order valence-corrected chi connectivity index (χ1v) is 6.10. The highest BCUT2D eigenvalue weighted by Gasteiger charge is 2.13. The smallest absolute Gasteiger partial charge is 0.0221 e. The highest BCUT2D eigenvalue weighted by molar-refractivity contribution is 5.54. The second-order valence-electron chi connectivity index (χ2n) is 4.45. The third-order valence-corrected chi connectivity index (χ3v) is 2.57. The van der Waals surface area contributed by atoms with Crippen LogP contribution in [0.5, 0.6) is 0 Å². The first-order valence-electron chi connectivity index (χ1n) is 6.10. The summed E-state index contributed by atoms with van der Waals surface area (Å²) in [5.74, 6) is 2.63. The fourth-order valence-corrected chi connectivity index (χ4v) is 1.88. The number of nitrogens with zero attached hydrogens (tertiary/aromatic N) is 1. The van der Waals surface area contributed by atoms with E-state index in [2.05, 4.69) is 39.6 Å². The van der Waals surface area contributed by atoms with E-state index in [-0.39, 0.29) is 0 Å². The average Bonchev–Trinajstić information content (AvgIpc) is 2.15. The highest BCUT2D eigenvalue weighted by Crippen LogP contribution is 2.22. The summed E-state index contributed by atoms with van der Waals surface area (Å²) in [6.07, 6.45) is 6.72. The zero-order chi connectivity index (χ0) is 12.3. The van der Waals surface area contributed by atoms with E-state index in [1.165, 1.54) is 6.42 Å². The molecule has 0 spiro atoms. The lowest BCUT2D eigenvalue weighted by Crippen LogP contribution is -2.13. The summed E-state index contributed by atoms with van der Waals surface area (Å²) in [4.78, 5) is 3.78. The van der Waals surface area contributed by atoms with Gasteiger partial charge in [-0.2, -0.15) is 0 Å². The van der Waals surface area contributed by atoms with Gasteiger partial charge in [0.25, 0.3) is 0 Å². The van der Waals surface area contributed by atoms with Gasteiger partial charge in [-0.15, -0.1) is 0 Å². The molecule has 0 bridgehead atoms. The second-order valence-corrected chi connectivity index (χ2v) is 4.45. The molecule has 15 heavy (non-hydrogen) atoms. The van der Waals surface area contributed by atoms with Crippen molar-refractivity contribution in [2.45, 2.75) is 54.9 Å². The molecule has 0 atom stereocenters. The number of rotatable bonds is 4. The summed E-state index contributed by atoms with van der Waals surface area (Å²) in [7, 11) is 0. The molecule has 0 N–H and O–H groups in total. The van der Waals surface area contributed by atoms with Crippen molar-refractivity contribution in [3.05, 3.63) is 12.3 Å². The Bertz CT molecular complexity index is 148. The Balaban J connectivity index is 0. The summed E-state index contributed by atoms with van der Waals surface area (Å²) in [6.45, 7) is 15.4. The molecule has 0 rings (SSSR count). The van der Waals surface area contributed by atoms with Crippen molar-refractivity contribution in [3.63, 3.8) is 0 Å². The Hall–Kier alpha value is -0.590. The van der Waals surface area contributed by atoms with Crippen molar-refractivity contribution in [1.82, 2.24) is 0 Å². The van der Waals surface area contributed by atoms with Crippen molar-refractivity contribution < 1.29 is 0 Å². The predicted octanol–water partition coefficient (Wildman–Crippen LogP) is 4.94. The van der Waals surface area contributed by atoms with E-state index in [4.69, 9.17) is 0 Å². The summed E-state index contributed by atoms with van der Waals surface area (Å²) in [5.41, 5.74) is 0. The van der Waals surface area contributed by atoms with Gasteiger partial charge in [-0.1, -0.05) is 47.1 Å². The van der Waals surface area contributed by atoms with Crippen molar-refractivity contribution in [2.24, 2.45) is 22.7 Å². The molecule has 0 radical (unpaired) electrons. The Kier molecular flexibility index (Phi) is 12.9. The van der Waals surface area contributed by atoms with Gasteiger partial charge in [0.2, 0.25) is 0 Å². The molecule has 0 saturated carbocycles. The molecule has 0 aromatic rings. The normalized spacial score (nSPS) is 11.9. The lowest BCUT2D eigenvalue weighted by Gasteiger charge is -2.22. The van der Waals surface area contributed by atoms with E-state index < -0.39 is 0 Å². The summed E-state index contributed by atoms with van der Waals surface area (Å²) in [5, 5.41) is 0. The van der Waals surface area contributed by atoms with Crippen molar-refractivity contribution >= 4 is 6.21 Å². The minimum atomic E-state index is 0.856. The van der Waals surface area contributed by atoms with Crippen LogP contribution in [-0.4, -0.2) is 6.21 Å². The minimum Gasteiger partial charge on any atom is -0.270 e. The molecule has 0 aliphatic carbocycles. The molecule has 0 unspecified atom stereocenters. The third kappa shape index (κ3) is 11.3. The molecular formula is C14H29N. The third-order valence-electron chi connectivity index (χ3n) is 2.57. The molecule has 0 fully saturated rings. The van der Waals surface area contributed by atoms with Crippen LogP contribution in [-0.2, 0) is 0 Å². The van der Waals surface area contributed by atoms with E-state index in [0.717, 1.165) is 17.8 Å². The molecule has 0 aliphatic heterocycles. The average molecular weight is 211 g/mol. The first-order chi connectivity index (χ1) is 7.01. The molecule has 1 heteroatoms. The lowest BCUT2D eigenvalue weighted by atomic mass is 9.84. The van der Waals surface area contributed by atoms with Crippen LogP contribution in [0.3, 0.4) is 0 Å². The zero-order valence-electron chi connectivity index (χ0n) is 11.6. The molecule has 1 nitrogen and oxygen atoms in total. The number of allylic oxidation sites excluding steroid dienone is 1. The van der Waals surface area contributed by atoms with Crippen LogP contribution < -0.4 is 0 Å². The largest absolute Gasteiger partial charge is 0.270 e. The maximum absolute atomic E-state index is 3.78. The van der Waals surface area contributed by atoms with E-state index >= 15 is 0 Å². The van der Waals surface area contributed by atoms with Crippen LogP contribution in [0, 0.1) is 17.8 Å². The van der Waals surface area contributed by atoms with Gasteiger partial charge in [0.1, 0.15) is 0 Å². The first kappa shape index (κ1) is 16.8. The van der Waals surface area contributed by atoms with Gasteiger partial charge in [-0.25, -0.2) is 0 Å². The summed E-state index contributed by atoms with van der Waals surface area (Å²) < 4.78 is 0. The molecule has 0 aromatic heterocycles. The van der Waals surface area contributed by atoms with Crippen molar-refractivity contribution in [1.29, 1.82) is 0 Å². The molecule has 0 amide bonds. The van der Waals surface area contributed by atoms with Crippen LogP contribution in [0.2, 0.25) is 0 Å². The maximum atomic E-state index is 3.78. The monoisotopic (exact) mass is 211 g/mol. The Morgan fingerprint density at radius 1 is 1.00 bits per heavy atom. The Morgan fingerprint density at radius 2 is 1.47 bits per heavy atom. The lowest BCUT2D eigenvalue weighted by molar-refractivity contribution is 0.279. The van der Waals surface area contributed by atoms with Gasteiger partial charge in [0.15, 0.2) is 0 Å².